The van der Waals surface area contributed by atoms with E-state index in [0.717, 1.165) is 17.9 Å². The Bertz CT molecular complexity index is 607. The number of thiocarbonyl (C=S) groups is 1. The normalized spacial score (nSPS) is 11.7. The zero-order valence-corrected chi connectivity index (χ0v) is 14.6. The van der Waals surface area contributed by atoms with E-state index in [1.165, 1.54) is 5.56 Å². The lowest BCUT2D eigenvalue weighted by molar-refractivity contribution is 0.940. The van der Waals surface area contributed by atoms with Crippen molar-refractivity contribution in [3.63, 3.8) is 0 Å². The minimum absolute atomic E-state index is 0.160. The van der Waals surface area contributed by atoms with E-state index in [-0.39, 0.29) is 5.25 Å². The molecule has 0 radical (unpaired) electrons. The summed E-state index contributed by atoms with van der Waals surface area (Å²) < 4.78 is 0. The van der Waals surface area contributed by atoms with Gasteiger partial charge in [-0.1, -0.05) is 48.0 Å². The summed E-state index contributed by atoms with van der Waals surface area (Å²) in [7, 11) is 1.81. The lowest BCUT2D eigenvalue weighted by Crippen LogP contribution is -2.33. The first-order valence-corrected chi connectivity index (χ1v) is 8.78. The van der Waals surface area contributed by atoms with Crippen LogP contribution >= 0.6 is 35.6 Å². The summed E-state index contributed by atoms with van der Waals surface area (Å²) in [5.74, 6) is 0.909. The smallest absolute Gasteiger partial charge is 0.166 e. The van der Waals surface area contributed by atoms with Gasteiger partial charge >= 0.3 is 0 Å². The van der Waals surface area contributed by atoms with Crippen molar-refractivity contribution in [2.75, 3.05) is 19.3 Å². The first kappa shape index (κ1) is 17.1. The second-order valence-electron chi connectivity index (χ2n) is 4.55. The molecule has 1 heterocycles. The number of nitrogens with zero attached hydrogens (tertiary/aromatic N) is 1. The fourth-order valence-corrected chi connectivity index (χ4v) is 3.59. The van der Waals surface area contributed by atoms with E-state index in [2.05, 4.69) is 27.8 Å². The standard InChI is InChI=1S/C16H18ClN3S2/c1-18-16(21)20-10-11-22-14(12-6-3-2-4-7-12)13-8-5-9-19-15(13)17/h2-9,14H,10-11H2,1H3,(H2,18,20,21). The van der Waals surface area contributed by atoms with Crippen molar-refractivity contribution >= 4 is 40.7 Å². The summed E-state index contributed by atoms with van der Waals surface area (Å²) in [5, 5.41) is 7.44. The molecule has 2 N–H and O–H groups in total. The Hall–Kier alpha value is -1.30. The molecule has 6 heteroatoms. The van der Waals surface area contributed by atoms with Crippen LogP contribution in [0.25, 0.3) is 0 Å². The van der Waals surface area contributed by atoms with Gasteiger partial charge in [0.15, 0.2) is 5.11 Å². The molecular weight excluding hydrogens is 334 g/mol. The SMILES string of the molecule is CNC(=S)NCCSC(c1ccccc1)c1cccnc1Cl. The lowest BCUT2D eigenvalue weighted by Gasteiger charge is -2.18. The lowest BCUT2D eigenvalue weighted by atomic mass is 10.1. The maximum atomic E-state index is 6.28. The first-order valence-electron chi connectivity index (χ1n) is 6.95. The van der Waals surface area contributed by atoms with Crippen molar-refractivity contribution in [3.05, 3.63) is 64.9 Å². The molecule has 2 aromatic rings. The Balaban J connectivity index is 2.10. The van der Waals surface area contributed by atoms with Gasteiger partial charge in [-0.05, 0) is 23.8 Å². The molecule has 0 bridgehead atoms. The van der Waals surface area contributed by atoms with Crippen LogP contribution in [-0.4, -0.2) is 29.4 Å². The molecular formula is C16H18ClN3S2. The fraction of sp³-hybridized carbons (Fsp3) is 0.250. The van der Waals surface area contributed by atoms with Crippen LogP contribution in [0.15, 0.2) is 48.7 Å². The zero-order valence-electron chi connectivity index (χ0n) is 12.3. The van der Waals surface area contributed by atoms with Crippen LogP contribution in [0.4, 0.5) is 0 Å². The first-order chi connectivity index (χ1) is 10.7. The number of aromatic nitrogens is 1. The minimum atomic E-state index is 0.160. The summed E-state index contributed by atoms with van der Waals surface area (Å²) in [5.41, 5.74) is 2.26. The number of halogens is 1. The Morgan fingerprint density at radius 2 is 2.05 bits per heavy atom. The Kier molecular flexibility index (Phi) is 6.96. The van der Waals surface area contributed by atoms with E-state index < -0.39 is 0 Å². The average molecular weight is 352 g/mol. The van der Waals surface area contributed by atoms with Crippen LogP contribution in [0, 0.1) is 0 Å². The summed E-state index contributed by atoms with van der Waals surface area (Å²) in [4.78, 5) is 4.20. The van der Waals surface area contributed by atoms with Gasteiger partial charge in [-0.2, -0.15) is 0 Å². The van der Waals surface area contributed by atoms with E-state index in [4.69, 9.17) is 23.8 Å². The number of thioether (sulfide) groups is 1. The van der Waals surface area contributed by atoms with Crippen molar-refractivity contribution in [3.8, 4) is 0 Å². The third kappa shape index (κ3) is 4.87. The van der Waals surface area contributed by atoms with Crippen molar-refractivity contribution in [1.29, 1.82) is 0 Å². The third-order valence-corrected chi connectivity index (χ3v) is 5.04. The van der Waals surface area contributed by atoms with Gasteiger partial charge in [0.05, 0.1) is 5.25 Å². The van der Waals surface area contributed by atoms with Gasteiger partial charge in [-0.3, -0.25) is 0 Å². The number of hydrogen-bond donors (Lipinski definition) is 2. The Morgan fingerprint density at radius 3 is 2.73 bits per heavy atom. The molecule has 1 aromatic carbocycles. The van der Waals surface area contributed by atoms with Gasteiger partial charge in [0.2, 0.25) is 0 Å². The molecule has 0 aliphatic carbocycles. The predicted molar refractivity (Wildman–Crippen MR) is 99.7 cm³/mol. The van der Waals surface area contributed by atoms with Crippen LogP contribution in [0.5, 0.6) is 0 Å². The topological polar surface area (TPSA) is 37.0 Å². The number of pyridine rings is 1. The Morgan fingerprint density at radius 1 is 1.27 bits per heavy atom. The molecule has 1 aromatic heterocycles. The highest BCUT2D eigenvalue weighted by atomic mass is 35.5. The molecule has 116 valence electrons. The van der Waals surface area contributed by atoms with Crippen LogP contribution in [0.2, 0.25) is 5.15 Å². The van der Waals surface area contributed by atoms with E-state index in [1.54, 1.807) is 6.20 Å². The molecule has 0 aliphatic rings. The van der Waals surface area contributed by atoms with Crippen molar-refractivity contribution in [2.24, 2.45) is 0 Å². The van der Waals surface area contributed by atoms with Crippen LogP contribution in [0.3, 0.4) is 0 Å². The zero-order chi connectivity index (χ0) is 15.8. The summed E-state index contributed by atoms with van der Waals surface area (Å²) in [6.45, 7) is 0.797. The molecule has 0 spiro atoms. The van der Waals surface area contributed by atoms with Gasteiger partial charge in [-0.25, -0.2) is 4.98 Å². The monoisotopic (exact) mass is 351 g/mol. The summed E-state index contributed by atoms with van der Waals surface area (Å²) in [6, 6.07) is 14.3. The fourth-order valence-electron chi connectivity index (χ4n) is 2.02. The largest absolute Gasteiger partial charge is 0.366 e. The second kappa shape index (κ2) is 8.98. The molecule has 3 nitrogen and oxygen atoms in total. The van der Waals surface area contributed by atoms with Crippen molar-refractivity contribution < 1.29 is 0 Å². The van der Waals surface area contributed by atoms with Gasteiger partial charge in [0.25, 0.3) is 0 Å². The van der Waals surface area contributed by atoms with E-state index >= 15 is 0 Å². The number of hydrogen-bond acceptors (Lipinski definition) is 3. The predicted octanol–water partition coefficient (Wildman–Crippen LogP) is 3.65. The molecule has 0 amide bonds. The van der Waals surface area contributed by atoms with Crippen LogP contribution in [0.1, 0.15) is 16.4 Å². The number of nitrogens with one attached hydrogen (secondary N) is 2. The number of benzene rings is 1. The van der Waals surface area contributed by atoms with E-state index in [9.17, 15) is 0 Å². The van der Waals surface area contributed by atoms with E-state index in [1.807, 2.05) is 49.1 Å². The van der Waals surface area contributed by atoms with Gasteiger partial charge in [0, 0.05) is 31.1 Å². The van der Waals surface area contributed by atoms with E-state index in [0.29, 0.717) is 10.3 Å². The molecule has 0 saturated carbocycles. The maximum Gasteiger partial charge on any atom is 0.166 e. The highest BCUT2D eigenvalue weighted by Gasteiger charge is 2.17. The molecule has 0 saturated heterocycles. The number of rotatable bonds is 6. The molecule has 22 heavy (non-hydrogen) atoms. The third-order valence-electron chi connectivity index (χ3n) is 3.07. The Labute approximate surface area is 145 Å². The van der Waals surface area contributed by atoms with Crippen molar-refractivity contribution in [2.45, 2.75) is 5.25 Å². The minimum Gasteiger partial charge on any atom is -0.366 e. The average Bonchev–Trinajstić information content (AvgIpc) is 2.56. The summed E-state index contributed by atoms with van der Waals surface area (Å²) in [6.07, 6.45) is 1.71. The van der Waals surface area contributed by atoms with Crippen molar-refractivity contribution in [1.82, 2.24) is 15.6 Å². The molecule has 0 aliphatic heterocycles. The molecule has 0 fully saturated rings. The molecule has 2 rings (SSSR count). The van der Waals surface area contributed by atoms with Gasteiger partial charge < -0.3 is 10.6 Å². The highest BCUT2D eigenvalue weighted by Crippen LogP contribution is 2.37. The quantitative estimate of drug-likeness (QED) is 0.472. The second-order valence-corrected chi connectivity index (χ2v) is 6.53. The van der Waals surface area contributed by atoms with Crippen LogP contribution in [-0.2, 0) is 0 Å². The van der Waals surface area contributed by atoms with Gasteiger partial charge in [-0.15, -0.1) is 11.8 Å². The molecule has 1 atom stereocenters. The summed E-state index contributed by atoms with van der Waals surface area (Å²) >= 11 is 13.2. The maximum absolute atomic E-state index is 6.28. The highest BCUT2D eigenvalue weighted by molar-refractivity contribution is 7.99. The van der Waals surface area contributed by atoms with Crippen LogP contribution < -0.4 is 10.6 Å². The van der Waals surface area contributed by atoms with Gasteiger partial charge in [0.1, 0.15) is 5.15 Å². The molecule has 1 unspecified atom stereocenters.